The molecule has 0 bridgehead atoms. The second-order valence-electron chi connectivity index (χ2n) is 5.63. The molecule has 3 N–H and O–H groups in total. The summed E-state index contributed by atoms with van der Waals surface area (Å²) in [4.78, 5) is 22.8. The predicted octanol–water partition coefficient (Wildman–Crippen LogP) is 1.66. The molecule has 0 aliphatic heterocycles. The molecule has 0 aliphatic rings. The van der Waals surface area contributed by atoms with E-state index < -0.39 is 18.0 Å². The summed E-state index contributed by atoms with van der Waals surface area (Å²) in [6.45, 7) is 5.54. The van der Waals surface area contributed by atoms with Crippen molar-refractivity contribution in [3.05, 3.63) is 28.8 Å². The number of unbranched alkanes of at least 4 members (excludes halogenated alkanes) is 1. The Morgan fingerprint density at radius 1 is 1.44 bits per heavy atom. The molecule has 1 amide bonds. The van der Waals surface area contributed by atoms with E-state index in [1.54, 1.807) is 0 Å². The molecule has 0 spiro atoms. The van der Waals surface area contributed by atoms with Crippen LogP contribution in [0.25, 0.3) is 0 Å². The fourth-order valence-electron chi connectivity index (χ4n) is 2.07. The van der Waals surface area contributed by atoms with Gasteiger partial charge in [0.05, 0.1) is 11.3 Å². The number of nitrogens with one attached hydrogen (secondary N) is 1. The summed E-state index contributed by atoms with van der Waals surface area (Å²) < 4.78 is 15.7. The lowest BCUT2D eigenvalue weighted by atomic mass is 10.1. The van der Waals surface area contributed by atoms with Gasteiger partial charge >= 0.3 is 5.97 Å². The van der Waals surface area contributed by atoms with Crippen LogP contribution in [0.2, 0.25) is 0 Å². The van der Waals surface area contributed by atoms with E-state index in [0.717, 1.165) is 30.5 Å². The fraction of sp³-hybridized carbons (Fsp3) is 0.500. The van der Waals surface area contributed by atoms with E-state index in [1.165, 1.54) is 13.0 Å². The second kappa shape index (κ2) is 8.32. The normalized spacial score (nSPS) is 12.0. The van der Waals surface area contributed by atoms with E-state index in [-0.39, 0.29) is 18.2 Å². The Labute approximate surface area is 144 Å². The number of esters is 1. The summed E-state index contributed by atoms with van der Waals surface area (Å²) in [7, 11) is 0. The zero-order chi connectivity index (χ0) is 18.4. The lowest BCUT2D eigenvalue weighted by Crippen LogP contribution is -2.30. The quantitative estimate of drug-likeness (QED) is 0.657. The third-order valence-corrected chi connectivity index (χ3v) is 3.66. The smallest absolute Gasteiger partial charge is 0.357 e. The van der Waals surface area contributed by atoms with Crippen molar-refractivity contribution in [2.75, 3.05) is 0 Å². The molecule has 9 nitrogen and oxygen atoms in total. The van der Waals surface area contributed by atoms with E-state index >= 15 is 0 Å². The lowest BCUT2D eigenvalue weighted by molar-refractivity contribution is -0.125. The molecule has 2 aromatic rings. The number of primary amides is 1. The zero-order valence-electron chi connectivity index (χ0n) is 14.5. The first-order valence-corrected chi connectivity index (χ1v) is 8.04. The Hall–Kier alpha value is -2.84. The van der Waals surface area contributed by atoms with Gasteiger partial charge in [-0.05, 0) is 26.7 Å². The molecule has 0 saturated heterocycles. The van der Waals surface area contributed by atoms with E-state index in [4.69, 9.17) is 19.7 Å². The Balaban J connectivity index is 1.97. The van der Waals surface area contributed by atoms with Crippen LogP contribution in [0.4, 0.5) is 0 Å². The molecular weight excluding hydrogens is 328 g/mol. The van der Waals surface area contributed by atoms with Gasteiger partial charge in [0, 0.05) is 6.07 Å². The van der Waals surface area contributed by atoms with E-state index in [1.807, 2.05) is 6.92 Å². The molecule has 2 rings (SSSR count). The van der Waals surface area contributed by atoms with Crippen molar-refractivity contribution in [1.82, 2.24) is 15.4 Å². The van der Waals surface area contributed by atoms with Crippen molar-refractivity contribution < 1.29 is 23.6 Å². The largest absolute Gasteiger partial charge is 0.472 e. The maximum atomic E-state index is 11.9. The first-order chi connectivity index (χ1) is 11.9. The average molecular weight is 350 g/mol. The number of ether oxygens (including phenoxy) is 2. The minimum Gasteiger partial charge on any atom is -0.472 e. The predicted molar refractivity (Wildman–Crippen MR) is 86.8 cm³/mol. The highest BCUT2D eigenvalue weighted by Gasteiger charge is 2.19. The van der Waals surface area contributed by atoms with Gasteiger partial charge < -0.3 is 19.7 Å². The first-order valence-electron chi connectivity index (χ1n) is 8.04. The Morgan fingerprint density at radius 2 is 2.20 bits per heavy atom. The Bertz CT molecular complexity index is 737. The summed E-state index contributed by atoms with van der Waals surface area (Å²) in [6.07, 6.45) is 1.85. The summed E-state index contributed by atoms with van der Waals surface area (Å²) in [5, 5.41) is 10.4. The maximum absolute atomic E-state index is 11.9. The number of carbonyl (C=O) groups excluding carboxylic acids is 2. The van der Waals surface area contributed by atoms with Crippen LogP contribution in [0.3, 0.4) is 0 Å². The number of hydrogen-bond donors (Lipinski definition) is 2. The van der Waals surface area contributed by atoms with Crippen molar-refractivity contribution in [3.63, 3.8) is 0 Å². The summed E-state index contributed by atoms with van der Waals surface area (Å²) >= 11 is 0. The standard InChI is InChI=1S/C16H22N4O5/c1-4-5-6-12-11(9(2)25-20-12)8-23-14-7-13(18-19-14)16(22)24-10(3)15(17)21/h7,10H,4-6,8H2,1-3H3,(H2,17,21)(H,18,19)/t10-/m0/s1. The number of nitrogens with zero attached hydrogens (tertiary/aromatic N) is 2. The minimum absolute atomic E-state index is 0.0661. The van der Waals surface area contributed by atoms with Crippen LogP contribution in [0.5, 0.6) is 5.88 Å². The third kappa shape index (κ3) is 4.82. The van der Waals surface area contributed by atoms with E-state index in [0.29, 0.717) is 5.76 Å². The van der Waals surface area contributed by atoms with Gasteiger partial charge in [0.1, 0.15) is 18.1 Å². The highest BCUT2D eigenvalue weighted by Crippen LogP contribution is 2.19. The number of carbonyl (C=O) groups is 2. The number of aryl methyl sites for hydroxylation is 2. The van der Waals surface area contributed by atoms with Crippen LogP contribution in [-0.4, -0.2) is 33.3 Å². The average Bonchev–Trinajstić information content (AvgIpc) is 3.18. The molecule has 0 aliphatic carbocycles. The van der Waals surface area contributed by atoms with Gasteiger partial charge in [0.15, 0.2) is 6.10 Å². The molecule has 0 radical (unpaired) electrons. The molecule has 0 fully saturated rings. The van der Waals surface area contributed by atoms with Gasteiger partial charge in [-0.25, -0.2) is 4.79 Å². The fourth-order valence-corrected chi connectivity index (χ4v) is 2.07. The summed E-state index contributed by atoms with van der Waals surface area (Å²) in [5.74, 6) is -0.553. The van der Waals surface area contributed by atoms with Crippen LogP contribution < -0.4 is 10.5 Å². The van der Waals surface area contributed by atoms with E-state index in [2.05, 4.69) is 22.3 Å². The van der Waals surface area contributed by atoms with Crippen molar-refractivity contribution in [1.29, 1.82) is 0 Å². The van der Waals surface area contributed by atoms with Gasteiger partial charge in [-0.15, -0.1) is 5.10 Å². The number of nitrogens with two attached hydrogens (primary N) is 1. The van der Waals surface area contributed by atoms with Gasteiger partial charge in [-0.2, -0.15) is 0 Å². The molecule has 2 aromatic heterocycles. The van der Waals surface area contributed by atoms with Crippen LogP contribution >= 0.6 is 0 Å². The lowest BCUT2D eigenvalue weighted by Gasteiger charge is -2.07. The molecular formula is C16H22N4O5. The van der Waals surface area contributed by atoms with Crippen molar-refractivity contribution in [2.45, 2.75) is 52.7 Å². The molecule has 0 saturated carbocycles. The monoisotopic (exact) mass is 350 g/mol. The molecule has 0 aromatic carbocycles. The first kappa shape index (κ1) is 18.5. The number of aromatic nitrogens is 3. The highest BCUT2D eigenvalue weighted by atomic mass is 16.5. The summed E-state index contributed by atoms with van der Waals surface area (Å²) in [5.41, 5.74) is 6.86. The molecule has 25 heavy (non-hydrogen) atoms. The number of H-pyrrole nitrogens is 1. The van der Waals surface area contributed by atoms with Crippen LogP contribution in [-0.2, 0) is 22.6 Å². The SMILES string of the molecule is CCCCc1noc(C)c1COc1cc(C(=O)O[C@@H](C)C(N)=O)[nH]n1. The van der Waals surface area contributed by atoms with E-state index in [9.17, 15) is 9.59 Å². The molecule has 0 unspecified atom stereocenters. The number of amides is 1. The summed E-state index contributed by atoms with van der Waals surface area (Å²) in [6, 6.07) is 1.39. The number of hydrogen-bond acceptors (Lipinski definition) is 7. The maximum Gasteiger partial charge on any atom is 0.357 e. The highest BCUT2D eigenvalue weighted by molar-refractivity contribution is 5.90. The van der Waals surface area contributed by atoms with Gasteiger partial charge in [0.2, 0.25) is 5.88 Å². The topological polar surface area (TPSA) is 133 Å². The molecule has 1 atom stereocenters. The molecule has 136 valence electrons. The van der Waals surface area contributed by atoms with Gasteiger partial charge in [-0.1, -0.05) is 18.5 Å². The van der Waals surface area contributed by atoms with Crippen molar-refractivity contribution in [2.24, 2.45) is 5.73 Å². The van der Waals surface area contributed by atoms with Crippen LogP contribution in [0.15, 0.2) is 10.6 Å². The molecule has 2 heterocycles. The van der Waals surface area contributed by atoms with Gasteiger partial charge in [0.25, 0.3) is 5.91 Å². The number of aromatic amines is 1. The third-order valence-electron chi connectivity index (χ3n) is 3.66. The molecule has 9 heteroatoms. The van der Waals surface area contributed by atoms with Gasteiger partial charge in [-0.3, -0.25) is 9.89 Å². The van der Waals surface area contributed by atoms with Crippen molar-refractivity contribution >= 4 is 11.9 Å². The van der Waals surface area contributed by atoms with Crippen LogP contribution in [0, 0.1) is 6.92 Å². The minimum atomic E-state index is -1.03. The Morgan fingerprint density at radius 3 is 2.88 bits per heavy atom. The Kier molecular flexibility index (Phi) is 6.15. The second-order valence-corrected chi connectivity index (χ2v) is 5.63. The van der Waals surface area contributed by atoms with Crippen LogP contribution in [0.1, 0.15) is 54.2 Å². The number of rotatable bonds is 9. The zero-order valence-corrected chi connectivity index (χ0v) is 14.5. The van der Waals surface area contributed by atoms with Crippen molar-refractivity contribution in [3.8, 4) is 5.88 Å².